The molecular weight excluding hydrogens is 302 g/mol. The van der Waals surface area contributed by atoms with Gasteiger partial charge < -0.3 is 5.73 Å². The molecule has 0 amide bonds. The highest BCUT2D eigenvalue weighted by atomic mass is 79.9. The van der Waals surface area contributed by atoms with Crippen molar-refractivity contribution in [2.45, 2.75) is 32.7 Å². The van der Waals surface area contributed by atoms with E-state index >= 15 is 0 Å². The van der Waals surface area contributed by atoms with Gasteiger partial charge in [0.1, 0.15) is 0 Å². The normalized spacial score (nSPS) is 12.4. The fourth-order valence-corrected chi connectivity index (χ4v) is 2.41. The maximum absolute atomic E-state index is 5.98. The summed E-state index contributed by atoms with van der Waals surface area (Å²) in [6, 6.07) is 8.22. The highest BCUT2D eigenvalue weighted by molar-refractivity contribution is 9.10. The zero-order valence-corrected chi connectivity index (χ0v) is 12.8. The van der Waals surface area contributed by atoms with Gasteiger partial charge in [0.05, 0.1) is 0 Å². The highest BCUT2D eigenvalue weighted by Crippen LogP contribution is 2.23. The second kappa shape index (κ2) is 6.26. The first-order valence-electron chi connectivity index (χ1n) is 6.44. The van der Waals surface area contributed by atoms with Crippen molar-refractivity contribution in [2.24, 2.45) is 5.73 Å². The SMILES string of the molecule is CCC(N)Cc1ccnc(-c2ccc(Br)cc2C)n1. The van der Waals surface area contributed by atoms with E-state index in [9.17, 15) is 0 Å². The van der Waals surface area contributed by atoms with Crippen LogP contribution in [-0.4, -0.2) is 16.0 Å². The highest BCUT2D eigenvalue weighted by Gasteiger charge is 2.08. The molecular formula is C15H18BrN3. The Kier molecular flexibility index (Phi) is 4.66. The lowest BCUT2D eigenvalue weighted by atomic mass is 10.1. The van der Waals surface area contributed by atoms with Gasteiger partial charge in [-0.05, 0) is 43.2 Å². The molecule has 100 valence electrons. The second-order valence-corrected chi connectivity index (χ2v) is 5.62. The van der Waals surface area contributed by atoms with Crippen LogP contribution in [0.3, 0.4) is 0 Å². The molecule has 0 bridgehead atoms. The van der Waals surface area contributed by atoms with Gasteiger partial charge in [-0.2, -0.15) is 0 Å². The summed E-state index contributed by atoms with van der Waals surface area (Å²) in [7, 11) is 0. The number of aryl methyl sites for hydroxylation is 1. The molecule has 0 aliphatic heterocycles. The minimum Gasteiger partial charge on any atom is -0.327 e. The average molecular weight is 320 g/mol. The first-order valence-corrected chi connectivity index (χ1v) is 7.23. The van der Waals surface area contributed by atoms with Gasteiger partial charge in [0.25, 0.3) is 0 Å². The van der Waals surface area contributed by atoms with E-state index in [0.29, 0.717) is 0 Å². The first-order chi connectivity index (χ1) is 9.10. The van der Waals surface area contributed by atoms with Crippen molar-refractivity contribution in [1.82, 2.24) is 9.97 Å². The summed E-state index contributed by atoms with van der Waals surface area (Å²) in [6.07, 6.45) is 3.56. The summed E-state index contributed by atoms with van der Waals surface area (Å²) in [5, 5.41) is 0. The van der Waals surface area contributed by atoms with E-state index in [4.69, 9.17) is 5.73 Å². The number of aromatic nitrogens is 2. The van der Waals surface area contributed by atoms with E-state index in [0.717, 1.165) is 40.0 Å². The Hall–Kier alpha value is -1.26. The van der Waals surface area contributed by atoms with Gasteiger partial charge in [-0.1, -0.05) is 22.9 Å². The molecule has 1 atom stereocenters. The van der Waals surface area contributed by atoms with Crippen molar-refractivity contribution in [2.75, 3.05) is 0 Å². The number of hydrogen-bond donors (Lipinski definition) is 1. The summed E-state index contributed by atoms with van der Waals surface area (Å²) in [6.45, 7) is 4.15. The van der Waals surface area contributed by atoms with Crippen LogP contribution >= 0.6 is 15.9 Å². The standard InChI is InChI=1S/C15H18BrN3/c1-3-12(17)9-13-6-7-18-15(19-13)14-5-4-11(16)8-10(14)2/h4-8,12H,3,9,17H2,1-2H3. The lowest BCUT2D eigenvalue weighted by Gasteiger charge is -2.10. The third-order valence-electron chi connectivity index (χ3n) is 3.14. The van der Waals surface area contributed by atoms with Gasteiger partial charge >= 0.3 is 0 Å². The van der Waals surface area contributed by atoms with E-state index in [-0.39, 0.29) is 6.04 Å². The smallest absolute Gasteiger partial charge is 0.159 e. The van der Waals surface area contributed by atoms with Crippen LogP contribution in [-0.2, 0) is 6.42 Å². The molecule has 0 saturated carbocycles. The van der Waals surface area contributed by atoms with Crippen molar-refractivity contribution < 1.29 is 0 Å². The first kappa shape index (κ1) is 14.2. The third kappa shape index (κ3) is 3.61. The molecule has 0 radical (unpaired) electrons. The fraction of sp³-hybridized carbons (Fsp3) is 0.333. The molecule has 1 heterocycles. The predicted molar refractivity (Wildman–Crippen MR) is 81.9 cm³/mol. The predicted octanol–water partition coefficient (Wildman–Crippen LogP) is 3.49. The Morgan fingerprint density at radius 3 is 2.79 bits per heavy atom. The van der Waals surface area contributed by atoms with E-state index in [2.05, 4.69) is 45.8 Å². The van der Waals surface area contributed by atoms with Gasteiger partial charge in [0, 0.05) is 34.4 Å². The van der Waals surface area contributed by atoms with Gasteiger partial charge in [-0.3, -0.25) is 0 Å². The molecule has 0 saturated heterocycles. The molecule has 4 heteroatoms. The molecule has 2 rings (SSSR count). The van der Waals surface area contributed by atoms with E-state index in [1.54, 1.807) is 0 Å². The lowest BCUT2D eigenvalue weighted by molar-refractivity contribution is 0.636. The molecule has 1 aromatic carbocycles. The van der Waals surface area contributed by atoms with Crippen LogP contribution in [0.4, 0.5) is 0 Å². The summed E-state index contributed by atoms with van der Waals surface area (Å²) >= 11 is 3.47. The average Bonchev–Trinajstić information content (AvgIpc) is 2.39. The van der Waals surface area contributed by atoms with E-state index in [1.807, 2.05) is 24.4 Å². The summed E-state index contributed by atoms with van der Waals surface area (Å²) in [5.74, 6) is 0.769. The van der Waals surface area contributed by atoms with Gasteiger partial charge in [0.2, 0.25) is 0 Å². The molecule has 0 spiro atoms. The number of halogens is 1. The minimum atomic E-state index is 0.161. The molecule has 2 N–H and O–H groups in total. The minimum absolute atomic E-state index is 0.161. The summed E-state index contributed by atoms with van der Waals surface area (Å²) < 4.78 is 1.07. The maximum atomic E-state index is 5.98. The van der Waals surface area contributed by atoms with Crippen molar-refractivity contribution in [3.8, 4) is 11.4 Å². The van der Waals surface area contributed by atoms with Crippen molar-refractivity contribution in [3.63, 3.8) is 0 Å². The Morgan fingerprint density at radius 1 is 1.32 bits per heavy atom. The monoisotopic (exact) mass is 319 g/mol. The molecule has 1 unspecified atom stereocenters. The summed E-state index contributed by atoms with van der Waals surface area (Å²) in [5.41, 5.74) is 9.20. The lowest BCUT2D eigenvalue weighted by Crippen LogP contribution is -2.22. The van der Waals surface area contributed by atoms with Crippen LogP contribution in [0.15, 0.2) is 34.9 Å². The molecule has 0 aliphatic carbocycles. The van der Waals surface area contributed by atoms with Crippen LogP contribution in [0.5, 0.6) is 0 Å². The summed E-state index contributed by atoms with van der Waals surface area (Å²) in [4.78, 5) is 8.98. The second-order valence-electron chi connectivity index (χ2n) is 4.70. The Bertz CT molecular complexity index is 569. The zero-order chi connectivity index (χ0) is 13.8. The molecule has 19 heavy (non-hydrogen) atoms. The maximum Gasteiger partial charge on any atom is 0.159 e. The number of rotatable bonds is 4. The topological polar surface area (TPSA) is 51.8 Å². The van der Waals surface area contributed by atoms with Crippen LogP contribution in [0.1, 0.15) is 24.6 Å². The number of benzene rings is 1. The zero-order valence-electron chi connectivity index (χ0n) is 11.2. The fourth-order valence-electron chi connectivity index (χ4n) is 1.93. The van der Waals surface area contributed by atoms with Crippen molar-refractivity contribution in [3.05, 3.63) is 46.2 Å². The van der Waals surface area contributed by atoms with Gasteiger partial charge in [-0.15, -0.1) is 0 Å². The Labute approximate surface area is 122 Å². The number of nitrogens with zero attached hydrogens (tertiary/aromatic N) is 2. The number of nitrogens with two attached hydrogens (primary N) is 1. The van der Waals surface area contributed by atoms with Gasteiger partial charge in [-0.25, -0.2) is 9.97 Å². The molecule has 2 aromatic rings. The molecule has 1 aromatic heterocycles. The third-order valence-corrected chi connectivity index (χ3v) is 3.63. The van der Waals surface area contributed by atoms with Crippen LogP contribution in [0, 0.1) is 6.92 Å². The Balaban J connectivity index is 2.32. The van der Waals surface area contributed by atoms with Crippen molar-refractivity contribution in [1.29, 1.82) is 0 Å². The Morgan fingerprint density at radius 2 is 2.11 bits per heavy atom. The molecule has 0 aliphatic rings. The quantitative estimate of drug-likeness (QED) is 0.938. The number of hydrogen-bond acceptors (Lipinski definition) is 3. The molecule has 0 fully saturated rings. The van der Waals surface area contributed by atoms with Gasteiger partial charge in [0.15, 0.2) is 5.82 Å². The van der Waals surface area contributed by atoms with Crippen LogP contribution in [0.2, 0.25) is 0 Å². The molecule has 3 nitrogen and oxygen atoms in total. The largest absolute Gasteiger partial charge is 0.327 e. The van der Waals surface area contributed by atoms with Crippen LogP contribution < -0.4 is 5.73 Å². The van der Waals surface area contributed by atoms with E-state index < -0.39 is 0 Å². The van der Waals surface area contributed by atoms with E-state index in [1.165, 1.54) is 0 Å². The van der Waals surface area contributed by atoms with Crippen molar-refractivity contribution >= 4 is 15.9 Å². The van der Waals surface area contributed by atoms with Crippen LogP contribution in [0.25, 0.3) is 11.4 Å².